The lowest BCUT2D eigenvalue weighted by molar-refractivity contribution is 0.656. The van der Waals surface area contributed by atoms with E-state index in [-0.39, 0.29) is 17.4 Å². The van der Waals surface area contributed by atoms with E-state index in [1.54, 1.807) is 0 Å². The number of hydrogen-bond acceptors (Lipinski definition) is 2. The van der Waals surface area contributed by atoms with Crippen LogP contribution in [0.4, 0.5) is 0 Å². The quantitative estimate of drug-likeness (QED) is 0.914. The SMILES string of the molecule is CC(C)c1nc(C2Cc3ccccc3C2)[nH]c(=O)c1Br. The zero-order chi connectivity index (χ0) is 14.3. The zero-order valence-corrected chi connectivity index (χ0v) is 13.2. The molecule has 0 saturated carbocycles. The number of halogens is 1. The Morgan fingerprint density at radius 2 is 1.85 bits per heavy atom. The fourth-order valence-electron chi connectivity index (χ4n) is 2.82. The second kappa shape index (κ2) is 5.17. The number of hydrogen-bond donors (Lipinski definition) is 1. The molecule has 0 aliphatic heterocycles. The van der Waals surface area contributed by atoms with Crippen LogP contribution in [-0.4, -0.2) is 9.97 Å². The van der Waals surface area contributed by atoms with Crippen LogP contribution < -0.4 is 5.56 Å². The van der Waals surface area contributed by atoms with E-state index in [9.17, 15) is 4.79 Å². The molecule has 1 N–H and O–H groups in total. The van der Waals surface area contributed by atoms with Crippen LogP contribution in [0.5, 0.6) is 0 Å². The second-order valence-corrected chi connectivity index (χ2v) is 6.47. The van der Waals surface area contributed by atoms with Crippen molar-refractivity contribution in [1.82, 2.24) is 9.97 Å². The molecule has 0 bridgehead atoms. The molecular formula is C16H17BrN2O. The first kappa shape index (κ1) is 13.6. The first-order chi connectivity index (χ1) is 9.56. The fraction of sp³-hybridized carbons (Fsp3) is 0.375. The summed E-state index contributed by atoms with van der Waals surface area (Å²) in [6.07, 6.45) is 1.91. The Hall–Kier alpha value is -1.42. The van der Waals surface area contributed by atoms with Gasteiger partial charge in [0.2, 0.25) is 0 Å². The van der Waals surface area contributed by atoms with Crippen LogP contribution in [0.3, 0.4) is 0 Å². The van der Waals surface area contributed by atoms with Crippen molar-refractivity contribution in [3.8, 4) is 0 Å². The number of H-pyrrole nitrogens is 1. The van der Waals surface area contributed by atoms with Gasteiger partial charge >= 0.3 is 0 Å². The summed E-state index contributed by atoms with van der Waals surface area (Å²) >= 11 is 3.35. The summed E-state index contributed by atoms with van der Waals surface area (Å²) in [6, 6.07) is 8.46. The van der Waals surface area contributed by atoms with Gasteiger partial charge in [-0.1, -0.05) is 38.1 Å². The van der Waals surface area contributed by atoms with Gasteiger partial charge in [0.05, 0.1) is 5.69 Å². The van der Waals surface area contributed by atoms with E-state index in [0.717, 1.165) is 24.4 Å². The summed E-state index contributed by atoms with van der Waals surface area (Å²) in [5.41, 5.74) is 3.51. The van der Waals surface area contributed by atoms with E-state index < -0.39 is 0 Å². The molecule has 0 atom stereocenters. The van der Waals surface area contributed by atoms with Crippen LogP contribution in [0, 0.1) is 0 Å². The van der Waals surface area contributed by atoms with Crippen molar-refractivity contribution in [2.45, 2.75) is 38.5 Å². The van der Waals surface area contributed by atoms with E-state index in [1.165, 1.54) is 11.1 Å². The largest absolute Gasteiger partial charge is 0.309 e. The van der Waals surface area contributed by atoms with Crippen LogP contribution in [0.25, 0.3) is 0 Å². The molecule has 1 aromatic carbocycles. The molecule has 0 amide bonds. The third-order valence-corrected chi connectivity index (χ3v) is 4.66. The summed E-state index contributed by atoms with van der Waals surface area (Å²) in [7, 11) is 0. The molecule has 1 aliphatic rings. The molecule has 0 saturated heterocycles. The molecule has 4 heteroatoms. The van der Waals surface area contributed by atoms with Crippen LogP contribution >= 0.6 is 15.9 Å². The zero-order valence-electron chi connectivity index (χ0n) is 11.6. The van der Waals surface area contributed by atoms with Crippen molar-refractivity contribution in [1.29, 1.82) is 0 Å². The Kier molecular flexibility index (Phi) is 3.50. The number of aromatic nitrogens is 2. The summed E-state index contributed by atoms with van der Waals surface area (Å²) in [6.45, 7) is 4.11. The van der Waals surface area contributed by atoms with E-state index in [0.29, 0.717) is 4.47 Å². The highest BCUT2D eigenvalue weighted by Crippen LogP contribution is 2.32. The fourth-order valence-corrected chi connectivity index (χ4v) is 3.47. The van der Waals surface area contributed by atoms with Gasteiger partial charge in [0, 0.05) is 5.92 Å². The highest BCUT2D eigenvalue weighted by atomic mass is 79.9. The Labute approximate surface area is 126 Å². The lowest BCUT2D eigenvalue weighted by Gasteiger charge is -2.13. The Bertz CT molecular complexity index is 681. The number of rotatable bonds is 2. The molecular weight excluding hydrogens is 316 g/mol. The van der Waals surface area contributed by atoms with Gasteiger partial charge in [0.15, 0.2) is 0 Å². The van der Waals surface area contributed by atoms with Crippen molar-refractivity contribution in [3.05, 3.63) is 61.7 Å². The Morgan fingerprint density at radius 1 is 1.25 bits per heavy atom. The molecule has 1 aromatic heterocycles. The summed E-state index contributed by atoms with van der Waals surface area (Å²) in [5, 5.41) is 0. The molecule has 104 valence electrons. The van der Waals surface area contributed by atoms with Crippen molar-refractivity contribution in [3.63, 3.8) is 0 Å². The predicted molar refractivity (Wildman–Crippen MR) is 83.2 cm³/mol. The standard InChI is InChI=1S/C16H17BrN2O/c1-9(2)14-13(17)16(20)19-15(18-14)12-7-10-5-3-4-6-11(10)8-12/h3-6,9,12H,7-8H2,1-2H3,(H,18,19,20). The van der Waals surface area contributed by atoms with E-state index >= 15 is 0 Å². The van der Waals surface area contributed by atoms with E-state index in [4.69, 9.17) is 4.98 Å². The van der Waals surface area contributed by atoms with Crippen LogP contribution in [0.1, 0.15) is 48.3 Å². The minimum absolute atomic E-state index is 0.0744. The second-order valence-electron chi connectivity index (χ2n) is 5.68. The molecule has 2 aromatic rings. The third-order valence-electron chi connectivity index (χ3n) is 3.89. The average molecular weight is 333 g/mol. The van der Waals surface area contributed by atoms with Crippen LogP contribution in [-0.2, 0) is 12.8 Å². The van der Waals surface area contributed by atoms with Gasteiger partial charge in [-0.15, -0.1) is 0 Å². The highest BCUT2D eigenvalue weighted by molar-refractivity contribution is 9.10. The third kappa shape index (κ3) is 2.33. The number of benzene rings is 1. The molecule has 0 spiro atoms. The average Bonchev–Trinajstić information content (AvgIpc) is 2.85. The number of nitrogens with zero attached hydrogens (tertiary/aromatic N) is 1. The number of nitrogens with one attached hydrogen (secondary N) is 1. The van der Waals surface area contributed by atoms with Gasteiger partial charge in [-0.05, 0) is 45.8 Å². The molecule has 3 rings (SSSR count). The first-order valence-electron chi connectivity index (χ1n) is 6.92. The lowest BCUT2D eigenvalue weighted by Crippen LogP contribution is -2.19. The van der Waals surface area contributed by atoms with Gasteiger partial charge in [-0.2, -0.15) is 0 Å². The molecule has 3 nitrogen and oxygen atoms in total. The summed E-state index contributed by atoms with van der Waals surface area (Å²) in [5.74, 6) is 1.33. The topological polar surface area (TPSA) is 45.8 Å². The maximum atomic E-state index is 12.1. The Morgan fingerprint density at radius 3 is 2.40 bits per heavy atom. The van der Waals surface area contributed by atoms with Gasteiger partial charge in [0.25, 0.3) is 5.56 Å². The van der Waals surface area contributed by atoms with Gasteiger partial charge in [0.1, 0.15) is 10.3 Å². The maximum absolute atomic E-state index is 12.1. The smallest absolute Gasteiger partial charge is 0.265 e. The van der Waals surface area contributed by atoms with Gasteiger partial charge in [-0.3, -0.25) is 4.79 Å². The van der Waals surface area contributed by atoms with Gasteiger partial charge < -0.3 is 4.98 Å². The molecule has 0 radical (unpaired) electrons. The van der Waals surface area contributed by atoms with Crippen molar-refractivity contribution >= 4 is 15.9 Å². The molecule has 20 heavy (non-hydrogen) atoms. The minimum atomic E-state index is -0.0744. The summed E-state index contributed by atoms with van der Waals surface area (Å²) < 4.78 is 0.562. The predicted octanol–water partition coefficient (Wildman–Crippen LogP) is 3.54. The molecule has 0 fully saturated rings. The maximum Gasteiger partial charge on any atom is 0.265 e. The first-order valence-corrected chi connectivity index (χ1v) is 7.72. The normalized spacial score (nSPS) is 14.8. The molecule has 0 unspecified atom stereocenters. The van der Waals surface area contributed by atoms with E-state index in [1.807, 2.05) is 0 Å². The number of aromatic amines is 1. The molecule has 1 heterocycles. The van der Waals surface area contributed by atoms with Crippen molar-refractivity contribution in [2.75, 3.05) is 0 Å². The Balaban J connectivity index is 1.99. The number of fused-ring (bicyclic) bond motifs is 1. The summed E-state index contributed by atoms with van der Waals surface area (Å²) in [4.78, 5) is 19.7. The van der Waals surface area contributed by atoms with Crippen LogP contribution in [0.15, 0.2) is 33.5 Å². The van der Waals surface area contributed by atoms with Gasteiger partial charge in [-0.25, -0.2) is 4.98 Å². The highest BCUT2D eigenvalue weighted by Gasteiger charge is 2.25. The lowest BCUT2D eigenvalue weighted by atomic mass is 10.0. The monoisotopic (exact) mass is 332 g/mol. The van der Waals surface area contributed by atoms with Crippen molar-refractivity contribution in [2.24, 2.45) is 0 Å². The van der Waals surface area contributed by atoms with E-state index in [2.05, 4.69) is 59.0 Å². The minimum Gasteiger partial charge on any atom is -0.309 e. The van der Waals surface area contributed by atoms with Crippen LogP contribution in [0.2, 0.25) is 0 Å². The molecule has 1 aliphatic carbocycles. The van der Waals surface area contributed by atoms with Crippen molar-refractivity contribution < 1.29 is 0 Å².